The summed E-state index contributed by atoms with van der Waals surface area (Å²) in [5, 5.41) is 0. The largest absolute Gasteiger partial charge is 0.497 e. The van der Waals surface area contributed by atoms with E-state index in [-0.39, 0.29) is 16.9 Å². The van der Waals surface area contributed by atoms with Crippen LogP contribution in [0, 0.1) is 0 Å². The molecule has 0 aliphatic heterocycles. The molecule has 6 heteroatoms. The second kappa shape index (κ2) is 5.32. The number of carbonyl (C=O) groups excluding carboxylic acids is 1. The Balaban J connectivity index is 2.49. The first-order chi connectivity index (χ1) is 9.41. The number of rotatable bonds is 3. The number of halogens is 3. The van der Waals surface area contributed by atoms with E-state index in [0.717, 1.165) is 12.1 Å². The minimum absolute atomic E-state index is 0.0212. The van der Waals surface area contributed by atoms with E-state index in [1.165, 1.54) is 37.7 Å². The summed E-state index contributed by atoms with van der Waals surface area (Å²) < 4.78 is 43.1. The molecule has 0 atom stereocenters. The van der Waals surface area contributed by atoms with Crippen molar-refractivity contribution in [2.24, 2.45) is 0 Å². The third-order valence-electron chi connectivity index (χ3n) is 2.66. The van der Waals surface area contributed by atoms with Crippen molar-refractivity contribution in [2.45, 2.75) is 6.18 Å². The van der Waals surface area contributed by atoms with Crippen LogP contribution in [0.25, 0.3) is 0 Å². The summed E-state index contributed by atoms with van der Waals surface area (Å²) in [6, 6.07) is 5.95. The van der Waals surface area contributed by atoms with Crippen LogP contribution in [0.1, 0.15) is 21.5 Å². The normalized spacial score (nSPS) is 11.2. The predicted octanol–water partition coefficient (Wildman–Crippen LogP) is 3.34. The van der Waals surface area contributed by atoms with Gasteiger partial charge in [0, 0.05) is 23.5 Å². The average molecular weight is 281 g/mol. The summed E-state index contributed by atoms with van der Waals surface area (Å²) in [6.07, 6.45) is -1.77. The molecule has 0 saturated carbocycles. The molecule has 0 radical (unpaired) electrons. The zero-order valence-corrected chi connectivity index (χ0v) is 10.4. The van der Waals surface area contributed by atoms with Gasteiger partial charge in [-0.2, -0.15) is 13.2 Å². The highest BCUT2D eigenvalue weighted by Gasteiger charge is 2.32. The van der Waals surface area contributed by atoms with Crippen LogP contribution in [0.15, 0.2) is 42.7 Å². The molecule has 20 heavy (non-hydrogen) atoms. The monoisotopic (exact) mass is 281 g/mol. The van der Waals surface area contributed by atoms with E-state index < -0.39 is 17.5 Å². The second-order valence-electron chi connectivity index (χ2n) is 4.02. The summed E-state index contributed by atoms with van der Waals surface area (Å²) in [7, 11) is 1.24. The highest BCUT2D eigenvalue weighted by Crippen LogP contribution is 2.33. The Morgan fingerprint density at radius 3 is 2.50 bits per heavy atom. The lowest BCUT2D eigenvalue weighted by Gasteiger charge is -2.11. The Labute approximate surface area is 113 Å². The van der Waals surface area contributed by atoms with Crippen LogP contribution in [-0.4, -0.2) is 17.9 Å². The first-order valence-electron chi connectivity index (χ1n) is 5.63. The van der Waals surface area contributed by atoms with Gasteiger partial charge in [0.25, 0.3) is 0 Å². The highest BCUT2D eigenvalue weighted by atomic mass is 19.4. The molecule has 1 aromatic heterocycles. The molecule has 0 amide bonds. The highest BCUT2D eigenvalue weighted by molar-refractivity contribution is 6.09. The lowest BCUT2D eigenvalue weighted by Crippen LogP contribution is -2.09. The van der Waals surface area contributed by atoms with Gasteiger partial charge in [-0.05, 0) is 30.3 Å². The van der Waals surface area contributed by atoms with Gasteiger partial charge in [0.05, 0.1) is 12.7 Å². The summed E-state index contributed by atoms with van der Waals surface area (Å²) >= 11 is 0. The smallest absolute Gasteiger partial charge is 0.416 e. The molecule has 1 heterocycles. The number of pyridine rings is 1. The molecular formula is C14H10F3NO2. The first kappa shape index (κ1) is 14.0. The maximum absolute atomic E-state index is 12.8. The van der Waals surface area contributed by atoms with Gasteiger partial charge in [-0.1, -0.05) is 0 Å². The van der Waals surface area contributed by atoms with E-state index in [0.29, 0.717) is 0 Å². The molecule has 0 spiro atoms. The van der Waals surface area contributed by atoms with Crippen LogP contribution in [0.3, 0.4) is 0 Å². The molecule has 0 aliphatic rings. The van der Waals surface area contributed by atoms with Gasteiger partial charge in [-0.25, -0.2) is 0 Å². The molecule has 1 aromatic carbocycles. The van der Waals surface area contributed by atoms with Crippen molar-refractivity contribution >= 4 is 5.78 Å². The quantitative estimate of drug-likeness (QED) is 0.810. The number of carbonyl (C=O) groups is 1. The third-order valence-corrected chi connectivity index (χ3v) is 2.66. The molecule has 2 rings (SSSR count). The summed E-state index contributed by atoms with van der Waals surface area (Å²) in [5.74, 6) is -0.561. The molecule has 0 aliphatic carbocycles. The Morgan fingerprint density at radius 1 is 1.20 bits per heavy atom. The van der Waals surface area contributed by atoms with Crippen LogP contribution in [0.5, 0.6) is 5.75 Å². The lowest BCUT2D eigenvalue weighted by molar-refractivity contribution is -0.137. The first-order valence-corrected chi connectivity index (χ1v) is 5.63. The van der Waals surface area contributed by atoms with E-state index in [1.807, 2.05) is 0 Å². The van der Waals surface area contributed by atoms with Crippen molar-refractivity contribution in [2.75, 3.05) is 7.11 Å². The Bertz CT molecular complexity index is 624. The average Bonchev–Trinajstić information content (AvgIpc) is 2.46. The molecule has 0 bridgehead atoms. The SMILES string of the molecule is COc1cc(C(=O)c2cccnc2)cc(C(F)(F)F)c1. The lowest BCUT2D eigenvalue weighted by atomic mass is 10.0. The molecule has 0 unspecified atom stereocenters. The Kier molecular flexibility index (Phi) is 3.74. The number of hydrogen-bond donors (Lipinski definition) is 0. The number of hydrogen-bond acceptors (Lipinski definition) is 3. The predicted molar refractivity (Wildman–Crippen MR) is 65.7 cm³/mol. The van der Waals surface area contributed by atoms with E-state index >= 15 is 0 Å². The molecule has 104 valence electrons. The van der Waals surface area contributed by atoms with Crippen molar-refractivity contribution in [1.82, 2.24) is 4.98 Å². The van der Waals surface area contributed by atoms with Crippen molar-refractivity contribution in [3.63, 3.8) is 0 Å². The fourth-order valence-corrected chi connectivity index (χ4v) is 1.68. The number of alkyl halides is 3. The molecular weight excluding hydrogens is 271 g/mol. The van der Waals surface area contributed by atoms with Crippen LogP contribution >= 0.6 is 0 Å². The Morgan fingerprint density at radius 2 is 1.95 bits per heavy atom. The summed E-state index contributed by atoms with van der Waals surface area (Å²) in [4.78, 5) is 15.9. The van der Waals surface area contributed by atoms with Gasteiger partial charge in [0.2, 0.25) is 0 Å². The van der Waals surface area contributed by atoms with Crippen molar-refractivity contribution < 1.29 is 22.7 Å². The van der Waals surface area contributed by atoms with Crippen LogP contribution in [0.2, 0.25) is 0 Å². The number of nitrogens with zero attached hydrogens (tertiary/aromatic N) is 1. The second-order valence-corrected chi connectivity index (χ2v) is 4.02. The number of aromatic nitrogens is 1. The van der Waals surface area contributed by atoms with Crippen LogP contribution in [0.4, 0.5) is 13.2 Å². The van der Waals surface area contributed by atoms with Gasteiger partial charge >= 0.3 is 6.18 Å². The topological polar surface area (TPSA) is 39.2 Å². The zero-order chi connectivity index (χ0) is 14.8. The Hall–Kier alpha value is -2.37. The van der Waals surface area contributed by atoms with Gasteiger partial charge in [-0.15, -0.1) is 0 Å². The summed E-state index contributed by atoms with van der Waals surface area (Å²) in [5.41, 5.74) is -0.803. The third kappa shape index (κ3) is 2.96. The molecule has 2 aromatic rings. The number of ketones is 1. The molecule has 0 fully saturated rings. The number of benzene rings is 1. The maximum Gasteiger partial charge on any atom is 0.416 e. The zero-order valence-electron chi connectivity index (χ0n) is 10.4. The van der Waals surface area contributed by atoms with E-state index in [9.17, 15) is 18.0 Å². The standard InChI is InChI=1S/C14H10F3NO2/c1-20-12-6-10(5-11(7-12)14(15,16)17)13(19)9-3-2-4-18-8-9/h2-8H,1H3. The minimum Gasteiger partial charge on any atom is -0.497 e. The maximum atomic E-state index is 12.8. The fourth-order valence-electron chi connectivity index (χ4n) is 1.68. The van der Waals surface area contributed by atoms with Crippen LogP contribution < -0.4 is 4.74 Å². The van der Waals surface area contributed by atoms with Crippen molar-refractivity contribution in [3.05, 3.63) is 59.4 Å². The van der Waals surface area contributed by atoms with E-state index in [4.69, 9.17) is 4.74 Å². The van der Waals surface area contributed by atoms with Gasteiger partial charge < -0.3 is 4.74 Å². The van der Waals surface area contributed by atoms with Gasteiger partial charge in [0.15, 0.2) is 5.78 Å². The van der Waals surface area contributed by atoms with Crippen LogP contribution in [-0.2, 0) is 6.18 Å². The minimum atomic E-state index is -4.54. The van der Waals surface area contributed by atoms with Gasteiger partial charge in [0.1, 0.15) is 5.75 Å². The van der Waals surface area contributed by atoms with E-state index in [2.05, 4.69) is 4.98 Å². The fraction of sp³-hybridized carbons (Fsp3) is 0.143. The van der Waals surface area contributed by atoms with E-state index in [1.54, 1.807) is 0 Å². The van der Waals surface area contributed by atoms with Gasteiger partial charge in [-0.3, -0.25) is 9.78 Å². The summed E-state index contributed by atoms with van der Waals surface area (Å²) in [6.45, 7) is 0. The number of ether oxygens (including phenoxy) is 1. The molecule has 0 N–H and O–H groups in total. The van der Waals surface area contributed by atoms with Crippen molar-refractivity contribution in [3.8, 4) is 5.75 Å². The molecule has 0 saturated heterocycles. The van der Waals surface area contributed by atoms with Crippen molar-refractivity contribution in [1.29, 1.82) is 0 Å². The number of methoxy groups -OCH3 is 1. The molecule has 3 nitrogen and oxygen atoms in total.